The second-order valence-electron chi connectivity index (χ2n) is 6.73. The third-order valence-corrected chi connectivity index (χ3v) is 4.83. The van der Waals surface area contributed by atoms with E-state index in [-0.39, 0.29) is 17.1 Å². The van der Waals surface area contributed by atoms with Crippen LogP contribution in [0.15, 0.2) is 51.7 Å². The van der Waals surface area contributed by atoms with Gasteiger partial charge in [-0.2, -0.15) is 0 Å². The third-order valence-electron chi connectivity index (χ3n) is 4.83. The Labute approximate surface area is 158 Å². The highest BCUT2D eigenvalue weighted by molar-refractivity contribution is 6.03. The maximum absolute atomic E-state index is 14.1. The van der Waals surface area contributed by atoms with Crippen molar-refractivity contribution in [3.8, 4) is 28.2 Å². The van der Waals surface area contributed by atoms with E-state index in [1.165, 1.54) is 18.2 Å². The molecule has 4 rings (SSSR count). The van der Waals surface area contributed by atoms with Crippen molar-refractivity contribution in [2.45, 2.75) is 13.8 Å². The molecule has 0 radical (unpaired) electrons. The number of rotatable bonds is 2. The lowest BCUT2D eigenvalue weighted by Gasteiger charge is -2.18. The molecule has 0 spiro atoms. The van der Waals surface area contributed by atoms with Crippen molar-refractivity contribution < 1.29 is 23.8 Å². The molecule has 0 aromatic heterocycles. The molecule has 5 nitrogen and oxygen atoms in total. The number of phenolic OH excluding ortho intramolecular Hbond substituents is 1. The van der Waals surface area contributed by atoms with Crippen LogP contribution in [-0.4, -0.2) is 16.2 Å². The van der Waals surface area contributed by atoms with Gasteiger partial charge in [0.2, 0.25) is 5.43 Å². The van der Waals surface area contributed by atoms with Crippen molar-refractivity contribution in [1.29, 1.82) is 0 Å². The monoisotopic (exact) mass is 378 g/mol. The van der Waals surface area contributed by atoms with Gasteiger partial charge in [0.1, 0.15) is 17.1 Å². The molecule has 0 saturated carbocycles. The van der Waals surface area contributed by atoms with Crippen molar-refractivity contribution in [2.75, 3.05) is 0 Å². The number of carboxylic acids is 1. The van der Waals surface area contributed by atoms with Gasteiger partial charge < -0.3 is 14.6 Å². The average molecular weight is 378 g/mol. The van der Waals surface area contributed by atoms with E-state index in [1.807, 2.05) is 0 Å². The fourth-order valence-corrected chi connectivity index (χ4v) is 3.40. The molecule has 1 aliphatic heterocycles. The van der Waals surface area contributed by atoms with Gasteiger partial charge in [0.15, 0.2) is 5.82 Å². The summed E-state index contributed by atoms with van der Waals surface area (Å²) >= 11 is 0. The van der Waals surface area contributed by atoms with Gasteiger partial charge in [-0.15, -0.1) is 0 Å². The summed E-state index contributed by atoms with van der Waals surface area (Å²) in [5.74, 6) is -1.74. The molecule has 0 atom stereocenters. The molecular formula is C22H15FO5. The highest BCUT2D eigenvalue weighted by atomic mass is 19.1. The summed E-state index contributed by atoms with van der Waals surface area (Å²) in [6.07, 6.45) is 0. The van der Waals surface area contributed by atoms with Gasteiger partial charge in [0.05, 0.1) is 5.56 Å². The van der Waals surface area contributed by atoms with Crippen LogP contribution in [0.2, 0.25) is 0 Å². The Morgan fingerprint density at radius 1 is 1.00 bits per heavy atom. The molecule has 28 heavy (non-hydrogen) atoms. The molecule has 0 saturated heterocycles. The average Bonchev–Trinajstić information content (AvgIpc) is 2.63. The van der Waals surface area contributed by atoms with E-state index in [4.69, 9.17) is 4.42 Å². The number of benzene rings is 3. The largest absolute Gasteiger partial charge is 0.508 e. The summed E-state index contributed by atoms with van der Waals surface area (Å²) in [4.78, 5) is 23.0. The van der Waals surface area contributed by atoms with Gasteiger partial charge in [-0.25, -0.2) is 9.18 Å². The van der Waals surface area contributed by atoms with Gasteiger partial charge in [0.25, 0.3) is 0 Å². The van der Waals surface area contributed by atoms with Crippen molar-refractivity contribution >= 4 is 16.9 Å². The fraction of sp³-hybridized carbons (Fsp3) is 0.0909. The van der Waals surface area contributed by atoms with Crippen LogP contribution in [-0.2, 0) is 0 Å². The van der Waals surface area contributed by atoms with Gasteiger partial charge in [0, 0.05) is 28.6 Å². The Balaban J connectivity index is 2.19. The zero-order chi connectivity index (χ0) is 20.2. The molecule has 0 amide bonds. The van der Waals surface area contributed by atoms with E-state index in [1.54, 1.807) is 26.0 Å². The molecular weight excluding hydrogens is 363 g/mol. The van der Waals surface area contributed by atoms with Crippen LogP contribution in [0.1, 0.15) is 21.5 Å². The van der Waals surface area contributed by atoms with Crippen molar-refractivity contribution in [3.63, 3.8) is 0 Å². The second-order valence-corrected chi connectivity index (χ2v) is 6.73. The lowest BCUT2D eigenvalue weighted by atomic mass is 9.90. The summed E-state index contributed by atoms with van der Waals surface area (Å²) < 4.78 is 19.8. The lowest BCUT2D eigenvalue weighted by Crippen LogP contribution is -2.07. The molecule has 2 aromatic rings. The van der Waals surface area contributed by atoms with Crippen LogP contribution in [0.4, 0.5) is 4.39 Å². The molecule has 140 valence electrons. The van der Waals surface area contributed by atoms with Gasteiger partial charge in [-0.3, -0.25) is 4.79 Å². The predicted octanol–water partition coefficient (Wildman–Crippen LogP) is 4.72. The first-order valence-electron chi connectivity index (χ1n) is 8.50. The van der Waals surface area contributed by atoms with Gasteiger partial charge >= 0.3 is 5.97 Å². The standard InChI is InChI=1S/C22H15FO5/c1-10-5-12(22(26)27)3-4-13(10)21-14-6-11(2)17(24)8-19(14)28-20-9-18(25)16(23)7-15(20)21/h3-9,24H,1-2H3,(H,26,27). The van der Waals surface area contributed by atoms with Crippen LogP contribution < -0.4 is 5.43 Å². The number of phenols is 1. The Morgan fingerprint density at radius 2 is 1.75 bits per heavy atom. The van der Waals surface area contributed by atoms with E-state index in [0.29, 0.717) is 38.8 Å². The number of carbonyl (C=O) groups is 1. The minimum absolute atomic E-state index is 0.0314. The number of aromatic carboxylic acids is 1. The minimum atomic E-state index is -1.05. The molecule has 0 bridgehead atoms. The number of carboxylic acid groups (broad SMARTS) is 1. The number of hydrogen-bond acceptors (Lipinski definition) is 4. The molecule has 6 heteroatoms. The second kappa shape index (κ2) is 6.20. The first-order chi connectivity index (χ1) is 13.3. The Hall–Kier alpha value is -3.67. The molecule has 0 unspecified atom stereocenters. The molecule has 2 aliphatic rings. The highest BCUT2D eigenvalue weighted by Crippen LogP contribution is 2.42. The summed E-state index contributed by atoms with van der Waals surface area (Å²) in [6.45, 7) is 3.49. The van der Waals surface area contributed by atoms with Crippen LogP contribution in [0.25, 0.3) is 33.4 Å². The number of halogens is 1. The zero-order valence-electron chi connectivity index (χ0n) is 15.0. The van der Waals surface area contributed by atoms with Crippen LogP contribution in [0.5, 0.6) is 5.75 Å². The Morgan fingerprint density at radius 3 is 2.43 bits per heavy atom. The molecule has 2 N–H and O–H groups in total. The quantitative estimate of drug-likeness (QED) is 0.493. The number of aromatic hydroxyl groups is 1. The van der Waals surface area contributed by atoms with E-state index in [9.17, 15) is 24.2 Å². The number of aryl methyl sites for hydroxylation is 2. The maximum Gasteiger partial charge on any atom is 0.335 e. The first kappa shape index (κ1) is 17.7. The minimum Gasteiger partial charge on any atom is -0.508 e. The summed E-state index contributed by atoms with van der Waals surface area (Å²) in [5.41, 5.74) is 2.62. The highest BCUT2D eigenvalue weighted by Gasteiger charge is 2.21. The van der Waals surface area contributed by atoms with Crippen LogP contribution in [0.3, 0.4) is 0 Å². The summed E-state index contributed by atoms with van der Waals surface area (Å²) in [7, 11) is 0. The van der Waals surface area contributed by atoms with Crippen LogP contribution >= 0.6 is 0 Å². The molecule has 1 aliphatic carbocycles. The third kappa shape index (κ3) is 2.70. The SMILES string of the molecule is Cc1cc2c(-c3ccc(C(=O)O)cc3C)c3cc(F)c(=O)cc-3oc2cc1O. The van der Waals surface area contributed by atoms with Crippen LogP contribution in [0, 0.1) is 19.7 Å². The zero-order valence-corrected chi connectivity index (χ0v) is 15.0. The topological polar surface area (TPSA) is 87.7 Å². The van der Waals surface area contributed by atoms with Crippen molar-refractivity contribution in [1.82, 2.24) is 0 Å². The number of fused-ring (bicyclic) bond motifs is 2. The number of hydrogen-bond donors (Lipinski definition) is 2. The molecule has 2 aromatic carbocycles. The van der Waals surface area contributed by atoms with Gasteiger partial charge in [-0.05, 0) is 54.8 Å². The summed E-state index contributed by atoms with van der Waals surface area (Å²) in [5, 5.41) is 19.9. The van der Waals surface area contributed by atoms with Crippen molar-refractivity contribution in [2.24, 2.45) is 0 Å². The Bertz CT molecular complexity index is 1300. The van der Waals surface area contributed by atoms with E-state index in [0.717, 1.165) is 12.1 Å². The molecule has 1 heterocycles. The predicted molar refractivity (Wildman–Crippen MR) is 103 cm³/mol. The lowest BCUT2D eigenvalue weighted by molar-refractivity contribution is 0.0697. The van der Waals surface area contributed by atoms with Crippen molar-refractivity contribution in [3.05, 3.63) is 75.2 Å². The van der Waals surface area contributed by atoms with E-state index in [2.05, 4.69) is 0 Å². The fourth-order valence-electron chi connectivity index (χ4n) is 3.40. The molecule has 0 fully saturated rings. The van der Waals surface area contributed by atoms with E-state index >= 15 is 0 Å². The normalized spacial score (nSPS) is 11.2. The van der Waals surface area contributed by atoms with E-state index < -0.39 is 17.2 Å². The first-order valence-corrected chi connectivity index (χ1v) is 8.50. The maximum atomic E-state index is 14.1. The summed E-state index contributed by atoms with van der Waals surface area (Å²) in [6, 6.07) is 10.0. The smallest absolute Gasteiger partial charge is 0.335 e. The Kier molecular flexibility index (Phi) is 3.92. The van der Waals surface area contributed by atoms with Gasteiger partial charge in [-0.1, -0.05) is 6.07 Å².